The Morgan fingerprint density at radius 2 is 1.73 bits per heavy atom. The summed E-state index contributed by atoms with van der Waals surface area (Å²) in [6, 6.07) is 10.4. The molecule has 0 saturated heterocycles. The largest absolute Gasteiger partial charge is 0.398 e. The van der Waals surface area contributed by atoms with Crippen molar-refractivity contribution in [3.8, 4) is 0 Å². The van der Waals surface area contributed by atoms with Crippen LogP contribution in [0.25, 0.3) is 0 Å². The number of carbonyl (C=O) groups excluding carboxylic acids is 1. The maximum atomic E-state index is 12.7. The van der Waals surface area contributed by atoms with Gasteiger partial charge in [-0.05, 0) is 46.5 Å². The van der Waals surface area contributed by atoms with Crippen LogP contribution in [-0.2, 0) is 8.85 Å². The average Bonchev–Trinajstić information content (AvgIpc) is 2.54. The molecule has 0 aliphatic carbocycles. The number of carbonyl (C=O) groups is 1. The molecule has 1 aromatic carbocycles. The zero-order valence-corrected chi connectivity index (χ0v) is 15.7. The first-order valence-electron chi connectivity index (χ1n) is 7.68. The normalized spacial score (nSPS) is 12.7. The lowest BCUT2D eigenvalue weighted by atomic mass is 9.91. The van der Waals surface area contributed by atoms with Gasteiger partial charge in [-0.3, -0.25) is 9.69 Å². The molecule has 0 radical (unpaired) electrons. The van der Waals surface area contributed by atoms with Crippen LogP contribution in [0.3, 0.4) is 0 Å². The Balaban J connectivity index is 2.63. The van der Waals surface area contributed by atoms with E-state index in [1.807, 2.05) is 51.2 Å². The smallest absolute Gasteiger partial charge is 0.334 e. The molecule has 1 rings (SSSR count). The molecule has 0 aromatic heterocycles. The third-order valence-electron chi connectivity index (χ3n) is 4.53. The molecule has 0 amide bonds. The minimum atomic E-state index is -2.03. The molecule has 22 heavy (non-hydrogen) atoms. The van der Waals surface area contributed by atoms with Crippen molar-refractivity contribution in [2.75, 3.05) is 27.8 Å². The van der Waals surface area contributed by atoms with E-state index in [2.05, 4.69) is 11.4 Å². The number of Topliss-reactive ketones (excluding diaryl/α,β-unsaturated/α-hetero) is 1. The highest BCUT2D eigenvalue weighted by atomic mass is 28.4. The Morgan fingerprint density at radius 3 is 2.23 bits per heavy atom. The predicted octanol–water partition coefficient (Wildman–Crippen LogP) is 3.33. The number of hydrogen-bond acceptors (Lipinski definition) is 4. The average molecular weight is 324 g/mol. The number of hydrogen-bond donors (Lipinski definition) is 0. The van der Waals surface area contributed by atoms with Gasteiger partial charge in [0.2, 0.25) is 0 Å². The zero-order valence-electron chi connectivity index (χ0n) is 14.7. The number of benzene rings is 1. The number of likely N-dealkylation sites (N-methyl/N-ethyl adjacent to an activating group) is 1. The van der Waals surface area contributed by atoms with Crippen molar-refractivity contribution >= 4 is 14.3 Å². The first-order valence-corrected chi connectivity index (χ1v) is 10.2. The molecular weight excluding hydrogens is 294 g/mol. The van der Waals surface area contributed by atoms with Gasteiger partial charge in [0.05, 0.1) is 5.54 Å². The van der Waals surface area contributed by atoms with Crippen LogP contribution in [0.5, 0.6) is 0 Å². The van der Waals surface area contributed by atoms with E-state index in [0.717, 1.165) is 24.6 Å². The van der Waals surface area contributed by atoms with E-state index in [1.54, 1.807) is 14.2 Å². The first-order chi connectivity index (χ1) is 10.3. The van der Waals surface area contributed by atoms with Gasteiger partial charge in [-0.25, -0.2) is 0 Å². The van der Waals surface area contributed by atoms with Gasteiger partial charge >= 0.3 is 8.56 Å². The van der Waals surface area contributed by atoms with Crippen molar-refractivity contribution in [2.45, 2.75) is 38.4 Å². The second-order valence-electron chi connectivity index (χ2n) is 6.32. The quantitative estimate of drug-likeness (QED) is 0.516. The van der Waals surface area contributed by atoms with Gasteiger partial charge < -0.3 is 8.85 Å². The lowest BCUT2D eigenvalue weighted by Crippen LogP contribution is -2.48. The van der Waals surface area contributed by atoms with Gasteiger partial charge in [0.15, 0.2) is 5.78 Å². The molecule has 0 aliphatic heterocycles. The third kappa shape index (κ3) is 4.74. The summed E-state index contributed by atoms with van der Waals surface area (Å²) in [6.45, 7) is 6.85. The number of nitrogens with zero attached hydrogens (tertiary/aromatic N) is 1. The van der Waals surface area contributed by atoms with E-state index in [4.69, 9.17) is 8.85 Å². The lowest BCUT2D eigenvalue weighted by Gasteiger charge is -2.35. The summed E-state index contributed by atoms with van der Waals surface area (Å²) < 4.78 is 11.0. The van der Waals surface area contributed by atoms with Crippen LogP contribution < -0.4 is 0 Å². The molecule has 5 heteroatoms. The Morgan fingerprint density at radius 1 is 1.18 bits per heavy atom. The number of rotatable bonds is 9. The van der Waals surface area contributed by atoms with Gasteiger partial charge in [0, 0.05) is 19.8 Å². The summed E-state index contributed by atoms with van der Waals surface area (Å²) in [6.07, 6.45) is 0.951. The molecule has 0 aliphatic rings. The van der Waals surface area contributed by atoms with Crippen LogP contribution in [0.1, 0.15) is 30.6 Å². The molecule has 0 unspecified atom stereocenters. The van der Waals surface area contributed by atoms with E-state index in [0.29, 0.717) is 0 Å². The number of ketones is 1. The highest BCUT2D eigenvalue weighted by Crippen LogP contribution is 2.21. The van der Waals surface area contributed by atoms with E-state index in [1.165, 1.54) is 0 Å². The zero-order chi connectivity index (χ0) is 16.8. The topological polar surface area (TPSA) is 38.8 Å². The summed E-state index contributed by atoms with van der Waals surface area (Å²) in [4.78, 5) is 14.8. The van der Waals surface area contributed by atoms with Crippen molar-refractivity contribution in [1.29, 1.82) is 0 Å². The predicted molar refractivity (Wildman–Crippen MR) is 92.5 cm³/mol. The monoisotopic (exact) mass is 323 g/mol. The SMILES string of the molecule is CO[Si](C)(CCCN(C)C(C)(C)C(=O)c1ccccc1)OC. The molecule has 124 valence electrons. The standard InChI is InChI=1S/C17H29NO3Si/c1-17(2,16(19)15-11-8-7-9-12-15)18(3)13-10-14-22(6,20-4)21-5/h7-9,11-12H,10,13-14H2,1-6H3. The Hall–Kier alpha value is -1.01. The van der Waals surface area contributed by atoms with Crippen molar-refractivity contribution in [2.24, 2.45) is 0 Å². The van der Waals surface area contributed by atoms with E-state index in [-0.39, 0.29) is 5.78 Å². The fraction of sp³-hybridized carbons (Fsp3) is 0.588. The van der Waals surface area contributed by atoms with Crippen LogP contribution in [0.2, 0.25) is 12.6 Å². The summed E-state index contributed by atoms with van der Waals surface area (Å²) in [7, 11) is 3.39. The molecule has 0 bridgehead atoms. The van der Waals surface area contributed by atoms with Crippen molar-refractivity contribution in [3.05, 3.63) is 35.9 Å². The maximum absolute atomic E-state index is 12.7. The lowest BCUT2D eigenvalue weighted by molar-refractivity contribution is 0.0706. The first kappa shape index (κ1) is 19.0. The highest BCUT2D eigenvalue weighted by Gasteiger charge is 2.34. The Kier molecular flexibility index (Phi) is 6.93. The van der Waals surface area contributed by atoms with Crippen molar-refractivity contribution < 1.29 is 13.6 Å². The van der Waals surface area contributed by atoms with E-state index in [9.17, 15) is 4.79 Å². The molecule has 0 saturated carbocycles. The van der Waals surface area contributed by atoms with Gasteiger partial charge in [0.1, 0.15) is 0 Å². The second-order valence-corrected chi connectivity index (χ2v) is 9.91. The Labute approximate surface area is 135 Å². The molecule has 0 N–H and O–H groups in total. The molecule has 0 heterocycles. The summed E-state index contributed by atoms with van der Waals surface area (Å²) in [5.74, 6) is 0.147. The van der Waals surface area contributed by atoms with Crippen molar-refractivity contribution in [3.63, 3.8) is 0 Å². The van der Waals surface area contributed by atoms with Gasteiger partial charge in [-0.15, -0.1) is 0 Å². The molecule has 0 spiro atoms. The van der Waals surface area contributed by atoms with Crippen LogP contribution in [-0.4, -0.2) is 52.6 Å². The van der Waals surface area contributed by atoms with Crippen LogP contribution >= 0.6 is 0 Å². The van der Waals surface area contributed by atoms with Gasteiger partial charge in [0.25, 0.3) is 0 Å². The summed E-state index contributed by atoms with van der Waals surface area (Å²) >= 11 is 0. The third-order valence-corrected chi connectivity index (χ3v) is 7.52. The van der Waals surface area contributed by atoms with E-state index < -0.39 is 14.1 Å². The van der Waals surface area contributed by atoms with Gasteiger partial charge in [-0.1, -0.05) is 30.3 Å². The van der Waals surface area contributed by atoms with Gasteiger partial charge in [-0.2, -0.15) is 0 Å². The second kappa shape index (κ2) is 8.01. The highest BCUT2D eigenvalue weighted by molar-refractivity contribution is 6.65. The van der Waals surface area contributed by atoms with Crippen LogP contribution in [0.4, 0.5) is 0 Å². The fourth-order valence-corrected chi connectivity index (χ4v) is 3.70. The molecule has 0 atom stereocenters. The molecule has 0 fully saturated rings. The minimum absolute atomic E-state index is 0.147. The minimum Gasteiger partial charge on any atom is -0.398 e. The maximum Gasteiger partial charge on any atom is 0.334 e. The molecule has 1 aromatic rings. The molecular formula is C17H29NO3Si. The van der Waals surface area contributed by atoms with Crippen molar-refractivity contribution in [1.82, 2.24) is 4.90 Å². The van der Waals surface area contributed by atoms with E-state index >= 15 is 0 Å². The fourth-order valence-electron chi connectivity index (χ4n) is 2.32. The Bertz CT molecular complexity index is 472. The summed E-state index contributed by atoms with van der Waals surface area (Å²) in [5, 5.41) is 0. The molecule has 4 nitrogen and oxygen atoms in total. The van der Waals surface area contributed by atoms with Crippen LogP contribution in [0, 0.1) is 0 Å². The summed E-state index contributed by atoms with van der Waals surface area (Å²) in [5.41, 5.74) is 0.228. The van der Waals surface area contributed by atoms with Crippen LogP contribution in [0.15, 0.2) is 30.3 Å².